The molecule has 1 N–H and O–H groups in total. The number of ether oxygens (including phenoxy) is 2. The van der Waals surface area contributed by atoms with Gasteiger partial charge in [-0.15, -0.1) is 0 Å². The Morgan fingerprint density at radius 1 is 1.00 bits per heavy atom. The predicted octanol–water partition coefficient (Wildman–Crippen LogP) is 3.50. The molecule has 0 aliphatic heterocycles. The number of carbonyl (C=O) groups excluding carboxylic acids is 2. The van der Waals surface area contributed by atoms with Crippen molar-refractivity contribution in [2.75, 3.05) is 31.3 Å². The molecule has 0 aliphatic carbocycles. The van der Waals surface area contributed by atoms with Gasteiger partial charge in [-0.3, -0.25) is 13.9 Å². The summed E-state index contributed by atoms with van der Waals surface area (Å²) >= 11 is 0. The Balaban J connectivity index is 2.52. The molecule has 37 heavy (non-hydrogen) atoms. The summed E-state index contributed by atoms with van der Waals surface area (Å²) < 4.78 is 37.4. The van der Waals surface area contributed by atoms with Gasteiger partial charge < -0.3 is 19.7 Å². The van der Waals surface area contributed by atoms with Crippen LogP contribution in [0.25, 0.3) is 0 Å². The van der Waals surface area contributed by atoms with Crippen molar-refractivity contribution in [2.45, 2.75) is 59.2 Å². The van der Waals surface area contributed by atoms with Crippen molar-refractivity contribution in [1.29, 1.82) is 0 Å². The van der Waals surface area contributed by atoms with Crippen molar-refractivity contribution in [3.8, 4) is 11.5 Å². The predicted molar refractivity (Wildman–Crippen MR) is 145 cm³/mol. The molecule has 0 fully saturated rings. The fraction of sp³-hybridized carbons (Fsp3) is 0.481. The van der Waals surface area contributed by atoms with E-state index in [1.165, 1.54) is 25.2 Å². The van der Waals surface area contributed by atoms with E-state index in [-0.39, 0.29) is 29.9 Å². The molecule has 0 aromatic heterocycles. The molecule has 2 amide bonds. The number of nitrogens with one attached hydrogen (secondary N) is 1. The Morgan fingerprint density at radius 3 is 2.16 bits per heavy atom. The van der Waals surface area contributed by atoms with Crippen molar-refractivity contribution < 1.29 is 27.5 Å². The Morgan fingerprint density at radius 2 is 1.65 bits per heavy atom. The van der Waals surface area contributed by atoms with Crippen molar-refractivity contribution >= 4 is 27.5 Å². The average Bonchev–Trinajstić information content (AvgIpc) is 2.86. The van der Waals surface area contributed by atoms with Crippen LogP contribution < -0.4 is 19.1 Å². The van der Waals surface area contributed by atoms with E-state index in [4.69, 9.17) is 9.47 Å². The van der Waals surface area contributed by atoms with E-state index >= 15 is 0 Å². The fourth-order valence-electron chi connectivity index (χ4n) is 3.84. The smallest absolute Gasteiger partial charge is 0.244 e. The van der Waals surface area contributed by atoms with Crippen molar-refractivity contribution in [1.82, 2.24) is 10.2 Å². The highest BCUT2D eigenvalue weighted by Crippen LogP contribution is 2.34. The number of carbonyl (C=O) groups is 2. The third-order valence-electron chi connectivity index (χ3n) is 6.19. The fourth-order valence-corrected chi connectivity index (χ4v) is 4.68. The molecule has 2 unspecified atom stereocenters. The minimum absolute atomic E-state index is 0.0635. The Hall–Kier alpha value is -3.27. The zero-order valence-electron chi connectivity index (χ0n) is 22.8. The van der Waals surface area contributed by atoms with E-state index < -0.39 is 28.5 Å². The van der Waals surface area contributed by atoms with Crippen LogP contribution in [-0.4, -0.2) is 64.2 Å². The quantitative estimate of drug-likeness (QED) is 0.423. The number of hydrogen-bond acceptors (Lipinski definition) is 6. The Labute approximate surface area is 220 Å². The molecule has 204 valence electrons. The van der Waals surface area contributed by atoms with Gasteiger partial charge in [0.1, 0.15) is 24.1 Å². The van der Waals surface area contributed by atoms with E-state index in [0.717, 1.165) is 28.1 Å². The number of anilines is 1. The topological polar surface area (TPSA) is 105 Å². The summed E-state index contributed by atoms with van der Waals surface area (Å²) in [6, 6.07) is 11.5. The summed E-state index contributed by atoms with van der Waals surface area (Å²) in [7, 11) is -1.02. The van der Waals surface area contributed by atoms with E-state index in [9.17, 15) is 18.0 Å². The molecule has 0 aliphatic rings. The molecule has 0 saturated heterocycles. The zero-order valence-corrected chi connectivity index (χ0v) is 23.6. The number of rotatable bonds is 13. The van der Waals surface area contributed by atoms with Crippen LogP contribution in [0.4, 0.5) is 5.69 Å². The lowest BCUT2D eigenvalue weighted by molar-refractivity contribution is -0.140. The Kier molecular flexibility index (Phi) is 10.8. The van der Waals surface area contributed by atoms with Crippen LogP contribution in [0, 0.1) is 6.92 Å². The number of methoxy groups -OCH3 is 2. The van der Waals surface area contributed by atoms with Gasteiger partial charge in [0, 0.05) is 18.7 Å². The van der Waals surface area contributed by atoms with Crippen LogP contribution in [0.2, 0.25) is 0 Å². The summed E-state index contributed by atoms with van der Waals surface area (Å²) in [5.74, 6) is -0.109. The first-order valence-electron chi connectivity index (χ1n) is 12.3. The lowest BCUT2D eigenvalue weighted by Crippen LogP contribution is -2.53. The molecule has 10 heteroatoms. The molecule has 0 bridgehead atoms. The third-order valence-corrected chi connectivity index (χ3v) is 7.32. The largest absolute Gasteiger partial charge is 0.497 e. The molecule has 0 saturated carbocycles. The van der Waals surface area contributed by atoms with Crippen molar-refractivity contribution in [3.05, 3.63) is 53.6 Å². The van der Waals surface area contributed by atoms with Gasteiger partial charge in [-0.1, -0.05) is 43.7 Å². The number of nitrogens with zero attached hydrogens (tertiary/aromatic N) is 2. The number of benzene rings is 2. The second kappa shape index (κ2) is 13.3. The third kappa shape index (κ3) is 8.11. The second-order valence-corrected chi connectivity index (χ2v) is 11.0. The summed E-state index contributed by atoms with van der Waals surface area (Å²) in [5.41, 5.74) is 2.07. The van der Waals surface area contributed by atoms with Crippen LogP contribution in [0.1, 0.15) is 44.7 Å². The van der Waals surface area contributed by atoms with Gasteiger partial charge in [-0.25, -0.2) is 8.42 Å². The van der Waals surface area contributed by atoms with Crippen LogP contribution >= 0.6 is 0 Å². The molecular weight excluding hydrogens is 494 g/mol. The Bertz CT molecular complexity index is 1170. The SMILES string of the molecule is CCC(C)NC(=O)C(CC)N(Cc1ccc(C)cc1)C(=O)CN(c1cc(OC)ccc1OC)S(C)(=O)=O. The molecule has 0 radical (unpaired) electrons. The van der Waals surface area contributed by atoms with Gasteiger partial charge in [-0.05, 0) is 44.4 Å². The van der Waals surface area contributed by atoms with Gasteiger partial charge in [-0.2, -0.15) is 0 Å². The van der Waals surface area contributed by atoms with Crippen LogP contribution in [0.15, 0.2) is 42.5 Å². The van der Waals surface area contributed by atoms with Gasteiger partial charge in [0.15, 0.2) is 0 Å². The second-order valence-electron chi connectivity index (χ2n) is 9.06. The first kappa shape index (κ1) is 30.0. The number of amides is 2. The number of sulfonamides is 1. The highest BCUT2D eigenvalue weighted by atomic mass is 32.2. The monoisotopic (exact) mass is 533 g/mol. The first-order chi connectivity index (χ1) is 17.4. The highest BCUT2D eigenvalue weighted by molar-refractivity contribution is 7.92. The molecule has 2 rings (SSSR count). The zero-order chi connectivity index (χ0) is 27.8. The maximum Gasteiger partial charge on any atom is 0.244 e. The van der Waals surface area contributed by atoms with E-state index in [1.54, 1.807) is 12.1 Å². The minimum Gasteiger partial charge on any atom is -0.497 e. The lowest BCUT2D eigenvalue weighted by atomic mass is 10.1. The maximum atomic E-state index is 13.8. The molecule has 0 heterocycles. The lowest BCUT2D eigenvalue weighted by Gasteiger charge is -2.33. The van der Waals surface area contributed by atoms with Gasteiger partial charge in [0.05, 0.1) is 26.2 Å². The first-order valence-corrected chi connectivity index (χ1v) is 14.1. The van der Waals surface area contributed by atoms with Crippen LogP contribution in [-0.2, 0) is 26.2 Å². The molecule has 2 aromatic carbocycles. The normalized spacial score (nSPS) is 12.8. The van der Waals surface area contributed by atoms with Crippen molar-refractivity contribution in [2.24, 2.45) is 0 Å². The van der Waals surface area contributed by atoms with E-state index in [2.05, 4.69) is 5.32 Å². The highest BCUT2D eigenvalue weighted by Gasteiger charge is 2.33. The minimum atomic E-state index is -3.91. The molecule has 0 spiro atoms. The van der Waals surface area contributed by atoms with Crippen molar-refractivity contribution in [3.63, 3.8) is 0 Å². The molecule has 9 nitrogen and oxygen atoms in total. The molecule has 2 aromatic rings. The molecule has 2 atom stereocenters. The van der Waals surface area contributed by atoms with Gasteiger partial charge in [0.2, 0.25) is 21.8 Å². The summed E-state index contributed by atoms with van der Waals surface area (Å²) in [5, 5.41) is 2.96. The summed E-state index contributed by atoms with van der Waals surface area (Å²) in [4.78, 5) is 28.5. The standard InChI is InChI=1S/C27H39N3O6S/c1-8-20(4)28-27(32)23(9-2)29(17-21-12-10-19(3)11-13-21)26(31)18-30(37(7,33)34)24-16-22(35-5)14-15-25(24)36-6/h10-16,20,23H,8-9,17-18H2,1-7H3,(H,28,32). The van der Waals surface area contributed by atoms with Gasteiger partial charge in [0.25, 0.3) is 0 Å². The number of aryl methyl sites for hydroxylation is 1. The van der Waals surface area contributed by atoms with Gasteiger partial charge >= 0.3 is 0 Å². The average molecular weight is 534 g/mol. The summed E-state index contributed by atoms with van der Waals surface area (Å²) in [6.45, 7) is 7.30. The summed E-state index contributed by atoms with van der Waals surface area (Å²) in [6.07, 6.45) is 2.13. The van der Waals surface area contributed by atoms with Crippen LogP contribution in [0.5, 0.6) is 11.5 Å². The number of hydrogen-bond donors (Lipinski definition) is 1. The molecular formula is C27H39N3O6S. The maximum absolute atomic E-state index is 13.8. The van der Waals surface area contributed by atoms with Crippen LogP contribution in [0.3, 0.4) is 0 Å². The van der Waals surface area contributed by atoms with E-state index in [1.807, 2.05) is 52.0 Å². The van der Waals surface area contributed by atoms with E-state index in [0.29, 0.717) is 12.2 Å².